The van der Waals surface area contributed by atoms with Gasteiger partial charge in [0, 0.05) is 11.6 Å². The fraction of sp³-hybridized carbons (Fsp3) is 0.588. The molecule has 2 rings (SSSR count). The van der Waals surface area contributed by atoms with Gasteiger partial charge in [0.15, 0.2) is 9.84 Å². The average molecular weight is 358 g/mol. The maximum Gasteiger partial charge on any atom is 0.238 e. The molecule has 1 aromatic rings. The molecule has 1 amide bonds. The number of benzene rings is 1. The van der Waals surface area contributed by atoms with Gasteiger partial charge >= 0.3 is 0 Å². The van der Waals surface area contributed by atoms with Crippen LogP contribution in [0.2, 0.25) is 5.02 Å². The van der Waals surface area contributed by atoms with Crippen LogP contribution in [0.1, 0.15) is 44.6 Å². The molecule has 128 valence electrons. The molecule has 23 heavy (non-hydrogen) atoms. The Kier molecular flexibility index (Phi) is 6.48. The Morgan fingerprint density at radius 1 is 1.30 bits per heavy atom. The van der Waals surface area contributed by atoms with Gasteiger partial charge in [-0.05, 0) is 43.4 Å². The first-order valence-corrected chi connectivity index (χ1v) is 10.2. The summed E-state index contributed by atoms with van der Waals surface area (Å²) in [7, 11) is -3.55. The van der Waals surface area contributed by atoms with Gasteiger partial charge in [-0.2, -0.15) is 0 Å². The number of hydrogen-bond donors (Lipinski definition) is 1. The van der Waals surface area contributed by atoms with E-state index in [9.17, 15) is 13.2 Å². The van der Waals surface area contributed by atoms with Gasteiger partial charge in [0.2, 0.25) is 5.91 Å². The molecule has 0 spiro atoms. The van der Waals surface area contributed by atoms with Crippen molar-refractivity contribution in [2.45, 2.75) is 50.0 Å². The van der Waals surface area contributed by atoms with Crippen molar-refractivity contribution in [2.24, 2.45) is 5.92 Å². The third kappa shape index (κ3) is 5.50. The lowest BCUT2D eigenvalue weighted by molar-refractivity contribution is -0.120. The molecular weight excluding hydrogens is 334 g/mol. The van der Waals surface area contributed by atoms with Crippen LogP contribution in [0.15, 0.2) is 24.3 Å². The standard InChI is InChI=1S/C17H24ClNO3S/c1-13(17(20)19-11-14-6-3-2-4-7-14)23(21,22)12-15-8-5-9-16(18)10-15/h5,8-10,13-14H,2-4,6-7,11-12H2,1H3,(H,19,20)/t13-/m0/s1. The van der Waals surface area contributed by atoms with Crippen LogP contribution in [0.3, 0.4) is 0 Å². The number of rotatable bonds is 6. The number of sulfone groups is 1. The van der Waals surface area contributed by atoms with Crippen LogP contribution in [0.25, 0.3) is 0 Å². The number of nitrogens with one attached hydrogen (secondary N) is 1. The van der Waals surface area contributed by atoms with Crippen molar-refractivity contribution in [2.75, 3.05) is 6.54 Å². The van der Waals surface area contributed by atoms with Crippen LogP contribution in [0.5, 0.6) is 0 Å². The van der Waals surface area contributed by atoms with Gasteiger partial charge in [-0.25, -0.2) is 8.42 Å². The van der Waals surface area contributed by atoms with Crippen LogP contribution >= 0.6 is 11.6 Å². The molecule has 4 nitrogen and oxygen atoms in total. The molecule has 0 bridgehead atoms. The highest BCUT2D eigenvalue weighted by Gasteiger charge is 2.28. The third-order valence-corrected chi connectivity index (χ3v) is 6.72. The van der Waals surface area contributed by atoms with Gasteiger partial charge in [0.25, 0.3) is 0 Å². The average Bonchev–Trinajstić information content (AvgIpc) is 2.52. The van der Waals surface area contributed by atoms with Crippen LogP contribution in [-0.2, 0) is 20.4 Å². The van der Waals surface area contributed by atoms with E-state index in [4.69, 9.17) is 11.6 Å². The zero-order valence-electron chi connectivity index (χ0n) is 13.4. The van der Waals surface area contributed by atoms with E-state index in [1.165, 1.54) is 26.2 Å². The zero-order valence-corrected chi connectivity index (χ0v) is 15.0. The number of amides is 1. The summed E-state index contributed by atoms with van der Waals surface area (Å²) < 4.78 is 24.8. The van der Waals surface area contributed by atoms with Crippen molar-refractivity contribution in [1.29, 1.82) is 0 Å². The maximum atomic E-state index is 12.4. The van der Waals surface area contributed by atoms with Crippen LogP contribution in [0.4, 0.5) is 0 Å². The van der Waals surface area contributed by atoms with E-state index >= 15 is 0 Å². The van der Waals surface area contributed by atoms with Gasteiger partial charge < -0.3 is 5.32 Å². The molecule has 1 saturated carbocycles. The van der Waals surface area contributed by atoms with Crippen LogP contribution in [-0.4, -0.2) is 26.1 Å². The Bertz CT molecular complexity index is 639. The van der Waals surface area contributed by atoms with Crippen molar-refractivity contribution < 1.29 is 13.2 Å². The van der Waals surface area contributed by atoms with Crippen molar-refractivity contribution in [1.82, 2.24) is 5.32 Å². The van der Waals surface area contributed by atoms with Gasteiger partial charge in [0.1, 0.15) is 5.25 Å². The van der Waals surface area contributed by atoms with Gasteiger partial charge in [-0.15, -0.1) is 0 Å². The van der Waals surface area contributed by atoms with Crippen molar-refractivity contribution in [3.05, 3.63) is 34.9 Å². The topological polar surface area (TPSA) is 63.2 Å². The van der Waals surface area contributed by atoms with Crippen molar-refractivity contribution in [3.63, 3.8) is 0 Å². The van der Waals surface area contributed by atoms with Gasteiger partial charge in [0.05, 0.1) is 5.75 Å². The highest BCUT2D eigenvalue weighted by molar-refractivity contribution is 7.92. The summed E-state index contributed by atoms with van der Waals surface area (Å²) in [5.74, 6) is -0.0980. The second-order valence-corrected chi connectivity index (χ2v) is 9.09. The quantitative estimate of drug-likeness (QED) is 0.849. The summed E-state index contributed by atoms with van der Waals surface area (Å²) in [6.07, 6.45) is 5.88. The number of halogens is 1. The first kappa shape index (κ1) is 18.3. The monoisotopic (exact) mass is 357 g/mol. The molecule has 6 heteroatoms. The van der Waals surface area contributed by atoms with E-state index in [-0.39, 0.29) is 5.75 Å². The first-order chi connectivity index (χ1) is 10.9. The van der Waals surface area contributed by atoms with E-state index in [0.717, 1.165) is 12.8 Å². The van der Waals surface area contributed by atoms with E-state index in [1.54, 1.807) is 24.3 Å². The molecule has 1 aliphatic carbocycles. The fourth-order valence-corrected chi connectivity index (χ4v) is 4.44. The Hall–Kier alpha value is -1.07. The van der Waals surface area contributed by atoms with Crippen molar-refractivity contribution >= 4 is 27.3 Å². The second-order valence-electron chi connectivity index (χ2n) is 6.33. The summed E-state index contributed by atoms with van der Waals surface area (Å²) in [5.41, 5.74) is 0.601. The normalized spacial score (nSPS) is 17.7. The first-order valence-electron chi connectivity index (χ1n) is 8.12. The maximum absolute atomic E-state index is 12.4. The Labute approximate surface area is 143 Å². The predicted molar refractivity (Wildman–Crippen MR) is 93.1 cm³/mol. The molecule has 1 aliphatic rings. The Morgan fingerprint density at radius 3 is 2.65 bits per heavy atom. The molecular formula is C17H24ClNO3S. The number of hydrogen-bond acceptors (Lipinski definition) is 3. The lowest BCUT2D eigenvalue weighted by atomic mass is 9.89. The minimum Gasteiger partial charge on any atom is -0.355 e. The molecule has 1 fully saturated rings. The Morgan fingerprint density at radius 2 is 2.00 bits per heavy atom. The fourth-order valence-electron chi connectivity index (χ4n) is 2.93. The van der Waals surface area contributed by atoms with Crippen LogP contribution < -0.4 is 5.32 Å². The molecule has 0 unspecified atom stereocenters. The molecule has 1 aromatic carbocycles. The molecule has 0 heterocycles. The summed E-state index contributed by atoms with van der Waals surface area (Å²) in [6, 6.07) is 6.72. The molecule has 0 saturated heterocycles. The van der Waals surface area contributed by atoms with E-state index < -0.39 is 21.0 Å². The van der Waals surface area contributed by atoms with Crippen molar-refractivity contribution in [3.8, 4) is 0 Å². The van der Waals surface area contributed by atoms with Crippen LogP contribution in [0, 0.1) is 5.92 Å². The lowest BCUT2D eigenvalue weighted by Crippen LogP contribution is -2.40. The summed E-state index contributed by atoms with van der Waals surface area (Å²) in [4.78, 5) is 12.2. The minimum absolute atomic E-state index is 0.175. The summed E-state index contributed by atoms with van der Waals surface area (Å²) in [6.45, 7) is 2.03. The summed E-state index contributed by atoms with van der Waals surface area (Å²) in [5, 5.41) is 2.25. The second kappa shape index (κ2) is 8.15. The SMILES string of the molecule is C[C@@H](C(=O)NCC1CCCCC1)S(=O)(=O)Cc1cccc(Cl)c1. The summed E-state index contributed by atoms with van der Waals surface area (Å²) >= 11 is 5.88. The van der Waals surface area contributed by atoms with Gasteiger partial charge in [-0.3, -0.25) is 4.79 Å². The molecule has 0 aromatic heterocycles. The molecule has 0 radical (unpaired) electrons. The van der Waals surface area contributed by atoms with Gasteiger partial charge in [-0.1, -0.05) is 43.0 Å². The zero-order chi connectivity index (χ0) is 16.9. The van der Waals surface area contributed by atoms with E-state index in [0.29, 0.717) is 23.0 Å². The highest BCUT2D eigenvalue weighted by Crippen LogP contribution is 2.23. The van der Waals surface area contributed by atoms with E-state index in [2.05, 4.69) is 5.32 Å². The van der Waals surface area contributed by atoms with E-state index in [1.807, 2.05) is 0 Å². The number of carbonyl (C=O) groups excluding carboxylic acids is 1. The Balaban J connectivity index is 1.91. The lowest BCUT2D eigenvalue weighted by Gasteiger charge is -2.22. The smallest absolute Gasteiger partial charge is 0.238 e. The number of carbonyl (C=O) groups is 1. The highest BCUT2D eigenvalue weighted by atomic mass is 35.5. The molecule has 1 N–H and O–H groups in total. The molecule has 1 atom stereocenters. The minimum atomic E-state index is -3.55. The molecule has 0 aliphatic heterocycles. The predicted octanol–water partition coefficient (Wildman–Crippen LogP) is 3.34. The largest absolute Gasteiger partial charge is 0.355 e. The third-order valence-electron chi connectivity index (χ3n) is 4.45.